The Morgan fingerprint density at radius 1 is 0.762 bits per heavy atom. The Bertz CT molecular complexity index is 964. The van der Waals surface area contributed by atoms with Crippen LogP contribution in [-0.2, 0) is 0 Å². The van der Waals surface area contributed by atoms with Crippen molar-refractivity contribution >= 4 is 28.2 Å². The minimum Gasteiger partial charge on any atom is -0.456 e. The van der Waals surface area contributed by atoms with Gasteiger partial charge in [-0.15, -0.1) is 0 Å². The van der Waals surface area contributed by atoms with Gasteiger partial charge in [-0.05, 0) is 29.3 Å². The first-order chi connectivity index (χ1) is 10.4. The lowest BCUT2D eigenvalue weighted by atomic mass is 9.99. The number of hydrogen-bond donors (Lipinski definition) is 0. The molecule has 0 aliphatic carbocycles. The van der Waals surface area contributed by atoms with Gasteiger partial charge in [-0.25, -0.2) is 0 Å². The summed E-state index contributed by atoms with van der Waals surface area (Å²) < 4.78 is 5.83. The topological polar surface area (TPSA) is 30.2 Å². The zero-order valence-corrected chi connectivity index (χ0v) is 11.2. The Morgan fingerprint density at radius 3 is 2.43 bits per heavy atom. The Morgan fingerprint density at radius 2 is 1.52 bits per heavy atom. The molecule has 0 unspecified atom stereocenters. The number of fused-ring (bicyclic) bond motifs is 3. The third-order valence-corrected chi connectivity index (χ3v) is 3.78. The fourth-order valence-corrected chi connectivity index (χ4v) is 2.76. The van der Waals surface area contributed by atoms with Crippen LogP contribution in [0.4, 0.5) is 0 Å². The molecule has 0 N–H and O–H groups in total. The SMILES string of the molecule is O=Cc1ccccc1-c1ccc2oc3ccccc3c2c1. The predicted molar refractivity (Wildman–Crippen MR) is 84.5 cm³/mol. The molecule has 3 aromatic carbocycles. The van der Waals surface area contributed by atoms with Gasteiger partial charge in [-0.3, -0.25) is 4.79 Å². The molecule has 0 saturated carbocycles. The maximum Gasteiger partial charge on any atom is 0.150 e. The molecule has 100 valence electrons. The maximum absolute atomic E-state index is 11.2. The first-order valence-electron chi connectivity index (χ1n) is 6.83. The molecule has 0 amide bonds. The van der Waals surface area contributed by atoms with Crippen molar-refractivity contribution in [3.8, 4) is 11.1 Å². The average Bonchev–Trinajstić information content (AvgIpc) is 2.92. The molecular formula is C19H12O2. The van der Waals surface area contributed by atoms with Crippen LogP contribution in [0.2, 0.25) is 0 Å². The molecule has 4 rings (SSSR count). The number of carbonyl (C=O) groups is 1. The van der Waals surface area contributed by atoms with Crippen molar-refractivity contribution in [3.63, 3.8) is 0 Å². The molecule has 0 bridgehead atoms. The van der Waals surface area contributed by atoms with Crippen LogP contribution in [0, 0.1) is 0 Å². The van der Waals surface area contributed by atoms with E-state index in [2.05, 4.69) is 12.1 Å². The molecule has 2 nitrogen and oxygen atoms in total. The van der Waals surface area contributed by atoms with Crippen LogP contribution in [-0.4, -0.2) is 6.29 Å². The van der Waals surface area contributed by atoms with Gasteiger partial charge in [0, 0.05) is 16.3 Å². The van der Waals surface area contributed by atoms with Crippen LogP contribution < -0.4 is 0 Å². The van der Waals surface area contributed by atoms with Crippen molar-refractivity contribution in [1.29, 1.82) is 0 Å². The van der Waals surface area contributed by atoms with E-state index in [1.807, 2.05) is 54.6 Å². The number of benzene rings is 3. The second kappa shape index (κ2) is 4.60. The van der Waals surface area contributed by atoms with Crippen LogP contribution in [0.1, 0.15) is 10.4 Å². The Kier molecular flexibility index (Phi) is 2.61. The number of carbonyl (C=O) groups excluding carboxylic acids is 1. The van der Waals surface area contributed by atoms with Crippen molar-refractivity contribution in [2.24, 2.45) is 0 Å². The largest absolute Gasteiger partial charge is 0.456 e. The smallest absolute Gasteiger partial charge is 0.150 e. The van der Waals surface area contributed by atoms with E-state index in [-0.39, 0.29) is 0 Å². The Balaban J connectivity index is 2.02. The third-order valence-electron chi connectivity index (χ3n) is 3.78. The lowest BCUT2D eigenvalue weighted by Gasteiger charge is -2.04. The van der Waals surface area contributed by atoms with Gasteiger partial charge in [0.25, 0.3) is 0 Å². The second-order valence-corrected chi connectivity index (χ2v) is 5.01. The average molecular weight is 272 g/mol. The minimum atomic E-state index is 0.699. The molecule has 1 aromatic heterocycles. The standard InChI is InChI=1S/C19H12O2/c20-12-14-5-1-2-6-15(14)13-9-10-19-17(11-13)16-7-3-4-8-18(16)21-19/h1-12H. The summed E-state index contributed by atoms with van der Waals surface area (Å²) in [5.41, 5.74) is 4.41. The highest BCUT2D eigenvalue weighted by Gasteiger charge is 2.09. The summed E-state index contributed by atoms with van der Waals surface area (Å²) in [6.45, 7) is 0. The number of para-hydroxylation sites is 1. The van der Waals surface area contributed by atoms with E-state index in [1.165, 1.54) is 0 Å². The van der Waals surface area contributed by atoms with Crippen LogP contribution >= 0.6 is 0 Å². The highest BCUT2D eigenvalue weighted by molar-refractivity contribution is 6.06. The zero-order chi connectivity index (χ0) is 14.2. The molecule has 0 fully saturated rings. The van der Waals surface area contributed by atoms with Gasteiger partial charge in [-0.2, -0.15) is 0 Å². The molecule has 0 spiro atoms. The van der Waals surface area contributed by atoms with E-state index in [0.29, 0.717) is 5.56 Å². The van der Waals surface area contributed by atoms with Crippen molar-refractivity contribution in [3.05, 3.63) is 72.3 Å². The van der Waals surface area contributed by atoms with Gasteiger partial charge in [0.05, 0.1) is 0 Å². The molecule has 0 aliphatic rings. The van der Waals surface area contributed by atoms with Crippen molar-refractivity contribution in [2.75, 3.05) is 0 Å². The summed E-state index contributed by atoms with van der Waals surface area (Å²) in [6.07, 6.45) is 0.896. The Labute approximate surface area is 121 Å². The summed E-state index contributed by atoms with van der Waals surface area (Å²) in [5.74, 6) is 0. The first-order valence-corrected chi connectivity index (χ1v) is 6.83. The molecule has 2 heteroatoms. The monoisotopic (exact) mass is 272 g/mol. The van der Waals surface area contributed by atoms with Crippen molar-refractivity contribution in [1.82, 2.24) is 0 Å². The molecular weight excluding hydrogens is 260 g/mol. The first kappa shape index (κ1) is 11.9. The second-order valence-electron chi connectivity index (χ2n) is 5.01. The summed E-state index contributed by atoms with van der Waals surface area (Å²) >= 11 is 0. The van der Waals surface area contributed by atoms with E-state index in [4.69, 9.17) is 4.42 Å². The zero-order valence-electron chi connectivity index (χ0n) is 11.2. The maximum atomic E-state index is 11.2. The highest BCUT2D eigenvalue weighted by atomic mass is 16.3. The molecule has 0 aliphatic heterocycles. The third kappa shape index (κ3) is 1.84. The molecule has 0 radical (unpaired) electrons. The fraction of sp³-hybridized carbons (Fsp3) is 0. The van der Waals surface area contributed by atoms with Crippen LogP contribution in [0.3, 0.4) is 0 Å². The van der Waals surface area contributed by atoms with E-state index >= 15 is 0 Å². The quantitative estimate of drug-likeness (QED) is 0.477. The molecule has 21 heavy (non-hydrogen) atoms. The van der Waals surface area contributed by atoms with E-state index in [1.54, 1.807) is 0 Å². The van der Waals surface area contributed by atoms with Gasteiger partial charge in [0.1, 0.15) is 11.2 Å². The molecule has 1 heterocycles. The summed E-state index contributed by atoms with van der Waals surface area (Å²) in [6, 6.07) is 21.6. The van der Waals surface area contributed by atoms with Crippen LogP contribution in [0.25, 0.3) is 33.1 Å². The molecule has 0 atom stereocenters. The molecule has 4 aromatic rings. The van der Waals surface area contributed by atoms with E-state index in [9.17, 15) is 4.79 Å². The van der Waals surface area contributed by atoms with Gasteiger partial charge in [-0.1, -0.05) is 48.5 Å². The predicted octanol–water partition coefficient (Wildman–Crippen LogP) is 5.07. The lowest BCUT2D eigenvalue weighted by Crippen LogP contribution is -1.86. The van der Waals surface area contributed by atoms with E-state index < -0.39 is 0 Å². The van der Waals surface area contributed by atoms with Crippen LogP contribution in [0.5, 0.6) is 0 Å². The fourth-order valence-electron chi connectivity index (χ4n) is 2.76. The van der Waals surface area contributed by atoms with Gasteiger partial charge in [0.2, 0.25) is 0 Å². The summed E-state index contributed by atoms with van der Waals surface area (Å²) in [7, 11) is 0. The summed E-state index contributed by atoms with van der Waals surface area (Å²) in [4.78, 5) is 11.2. The van der Waals surface area contributed by atoms with Crippen molar-refractivity contribution < 1.29 is 9.21 Å². The van der Waals surface area contributed by atoms with Gasteiger partial charge in [0.15, 0.2) is 6.29 Å². The van der Waals surface area contributed by atoms with Crippen LogP contribution in [0.15, 0.2) is 71.1 Å². The number of hydrogen-bond acceptors (Lipinski definition) is 2. The van der Waals surface area contributed by atoms with Gasteiger partial charge >= 0.3 is 0 Å². The van der Waals surface area contributed by atoms with Gasteiger partial charge < -0.3 is 4.42 Å². The number of furan rings is 1. The van der Waals surface area contributed by atoms with Crippen molar-refractivity contribution in [2.45, 2.75) is 0 Å². The molecule has 0 saturated heterocycles. The highest BCUT2D eigenvalue weighted by Crippen LogP contribution is 2.32. The number of aldehydes is 1. The minimum absolute atomic E-state index is 0.699. The normalized spacial score (nSPS) is 11.0. The Hall–Kier alpha value is -2.87. The number of rotatable bonds is 2. The summed E-state index contributed by atoms with van der Waals surface area (Å²) in [5, 5.41) is 2.17. The lowest BCUT2D eigenvalue weighted by molar-refractivity contribution is 0.112. The van der Waals surface area contributed by atoms with E-state index in [0.717, 1.165) is 39.4 Å².